The van der Waals surface area contributed by atoms with E-state index in [0.29, 0.717) is 6.54 Å². The summed E-state index contributed by atoms with van der Waals surface area (Å²) in [5.74, 6) is -0.345. The summed E-state index contributed by atoms with van der Waals surface area (Å²) < 4.78 is 5.35. The van der Waals surface area contributed by atoms with Gasteiger partial charge >= 0.3 is 0 Å². The molecule has 1 aromatic rings. The zero-order valence-electron chi connectivity index (χ0n) is 12.2. The van der Waals surface area contributed by atoms with E-state index in [1.165, 1.54) is 5.69 Å². The molecular formula is C15H23N3O2. The van der Waals surface area contributed by atoms with Crippen molar-refractivity contribution in [3.05, 3.63) is 29.8 Å². The van der Waals surface area contributed by atoms with E-state index in [1.807, 2.05) is 0 Å². The van der Waals surface area contributed by atoms with Gasteiger partial charge in [0, 0.05) is 25.3 Å². The first kappa shape index (κ1) is 14.8. The van der Waals surface area contributed by atoms with Crippen LogP contribution in [0.2, 0.25) is 0 Å². The second kappa shape index (κ2) is 6.24. The first-order valence-electron chi connectivity index (χ1n) is 6.95. The zero-order valence-corrected chi connectivity index (χ0v) is 12.2. The lowest BCUT2D eigenvalue weighted by Gasteiger charge is -2.29. The fourth-order valence-electron chi connectivity index (χ4n) is 2.06. The highest BCUT2D eigenvalue weighted by Crippen LogP contribution is 2.17. The van der Waals surface area contributed by atoms with Gasteiger partial charge in [-0.2, -0.15) is 0 Å². The normalized spacial score (nSPS) is 16.2. The summed E-state index contributed by atoms with van der Waals surface area (Å²) in [6, 6.07) is 8.38. The molecule has 0 bridgehead atoms. The van der Waals surface area contributed by atoms with Crippen molar-refractivity contribution in [3.8, 4) is 0 Å². The number of hydrogen-bond donors (Lipinski definition) is 2. The second-order valence-corrected chi connectivity index (χ2v) is 5.61. The van der Waals surface area contributed by atoms with Gasteiger partial charge in [-0.05, 0) is 31.5 Å². The minimum Gasteiger partial charge on any atom is -0.378 e. The van der Waals surface area contributed by atoms with Crippen molar-refractivity contribution in [2.75, 3.05) is 31.2 Å². The highest BCUT2D eigenvalue weighted by atomic mass is 16.5. The van der Waals surface area contributed by atoms with Crippen LogP contribution in [0.15, 0.2) is 24.3 Å². The highest BCUT2D eigenvalue weighted by Gasteiger charge is 2.23. The third-order valence-corrected chi connectivity index (χ3v) is 3.66. The fraction of sp³-hybridized carbons (Fsp3) is 0.533. The Labute approximate surface area is 120 Å². The number of nitrogens with one attached hydrogen (secondary N) is 1. The molecule has 1 aliphatic heterocycles. The molecule has 1 amide bonds. The number of hydrogen-bond acceptors (Lipinski definition) is 4. The number of amides is 1. The largest absolute Gasteiger partial charge is 0.378 e. The molecule has 110 valence electrons. The lowest BCUT2D eigenvalue weighted by molar-refractivity contribution is -0.123. The smallest absolute Gasteiger partial charge is 0.237 e. The van der Waals surface area contributed by atoms with Crippen LogP contribution >= 0.6 is 0 Å². The molecule has 1 fully saturated rings. The summed E-state index contributed by atoms with van der Waals surface area (Å²) in [4.78, 5) is 13.6. The Morgan fingerprint density at radius 3 is 2.45 bits per heavy atom. The first-order valence-corrected chi connectivity index (χ1v) is 6.95. The van der Waals surface area contributed by atoms with Gasteiger partial charge in [0.2, 0.25) is 5.91 Å². The third kappa shape index (κ3) is 3.71. The van der Waals surface area contributed by atoms with Crippen LogP contribution in [0.5, 0.6) is 0 Å². The van der Waals surface area contributed by atoms with Gasteiger partial charge < -0.3 is 15.4 Å². The summed E-state index contributed by atoms with van der Waals surface area (Å²) in [5.41, 5.74) is 6.99. The van der Waals surface area contributed by atoms with Crippen molar-refractivity contribution in [2.45, 2.75) is 25.9 Å². The Balaban J connectivity index is 1.93. The average molecular weight is 277 g/mol. The van der Waals surface area contributed by atoms with Gasteiger partial charge in [-0.3, -0.25) is 10.1 Å². The maximum atomic E-state index is 11.2. The van der Waals surface area contributed by atoms with E-state index in [4.69, 9.17) is 10.5 Å². The molecule has 20 heavy (non-hydrogen) atoms. The Morgan fingerprint density at radius 1 is 1.30 bits per heavy atom. The molecule has 0 atom stereocenters. The number of primary amides is 1. The van der Waals surface area contributed by atoms with Crippen LogP contribution in [-0.2, 0) is 16.1 Å². The van der Waals surface area contributed by atoms with Gasteiger partial charge in [0.15, 0.2) is 0 Å². The molecule has 0 aliphatic carbocycles. The van der Waals surface area contributed by atoms with Crippen LogP contribution in [0.1, 0.15) is 19.4 Å². The lowest BCUT2D eigenvalue weighted by atomic mass is 10.0. The van der Waals surface area contributed by atoms with E-state index in [0.717, 1.165) is 31.9 Å². The molecule has 5 nitrogen and oxygen atoms in total. The molecule has 0 saturated carbocycles. The number of morpholine rings is 1. The molecule has 0 radical (unpaired) electrons. The highest BCUT2D eigenvalue weighted by molar-refractivity contribution is 5.83. The molecular weight excluding hydrogens is 254 g/mol. The Morgan fingerprint density at radius 2 is 1.90 bits per heavy atom. The van der Waals surface area contributed by atoms with Crippen molar-refractivity contribution < 1.29 is 9.53 Å². The van der Waals surface area contributed by atoms with Crippen molar-refractivity contribution in [1.29, 1.82) is 0 Å². The van der Waals surface area contributed by atoms with E-state index in [1.54, 1.807) is 13.8 Å². The summed E-state index contributed by atoms with van der Waals surface area (Å²) >= 11 is 0. The van der Waals surface area contributed by atoms with E-state index < -0.39 is 5.54 Å². The predicted octanol–water partition coefficient (Wildman–Crippen LogP) is 0.877. The van der Waals surface area contributed by atoms with Gasteiger partial charge in [-0.1, -0.05) is 12.1 Å². The molecule has 1 heterocycles. The number of ether oxygens (including phenoxy) is 1. The van der Waals surface area contributed by atoms with Crippen LogP contribution in [0.3, 0.4) is 0 Å². The quantitative estimate of drug-likeness (QED) is 0.838. The van der Waals surface area contributed by atoms with Crippen LogP contribution in [-0.4, -0.2) is 37.7 Å². The molecule has 3 N–H and O–H groups in total. The van der Waals surface area contributed by atoms with E-state index in [2.05, 4.69) is 34.5 Å². The van der Waals surface area contributed by atoms with Gasteiger partial charge in [0.25, 0.3) is 0 Å². The maximum Gasteiger partial charge on any atom is 0.237 e. The van der Waals surface area contributed by atoms with E-state index in [9.17, 15) is 4.79 Å². The number of nitrogens with zero attached hydrogens (tertiary/aromatic N) is 1. The summed E-state index contributed by atoms with van der Waals surface area (Å²) in [7, 11) is 0. The molecule has 2 rings (SSSR count). The molecule has 5 heteroatoms. The van der Waals surface area contributed by atoms with Crippen molar-refractivity contribution in [2.24, 2.45) is 5.73 Å². The van der Waals surface area contributed by atoms with Crippen LogP contribution in [0.4, 0.5) is 5.69 Å². The third-order valence-electron chi connectivity index (χ3n) is 3.66. The SMILES string of the molecule is CC(C)(NCc1ccc(N2CCOCC2)cc1)C(N)=O. The van der Waals surface area contributed by atoms with Crippen LogP contribution < -0.4 is 16.0 Å². The zero-order chi connectivity index (χ0) is 14.6. The van der Waals surface area contributed by atoms with Gasteiger partial charge in [-0.25, -0.2) is 0 Å². The van der Waals surface area contributed by atoms with Gasteiger partial charge in [0.05, 0.1) is 18.8 Å². The monoisotopic (exact) mass is 277 g/mol. The Bertz CT molecular complexity index is 451. The molecule has 1 aliphatic rings. The van der Waals surface area contributed by atoms with Gasteiger partial charge in [0.1, 0.15) is 0 Å². The molecule has 1 aromatic carbocycles. The summed E-state index contributed by atoms with van der Waals surface area (Å²) in [5, 5.41) is 3.17. The van der Waals surface area contributed by atoms with Crippen LogP contribution in [0, 0.1) is 0 Å². The van der Waals surface area contributed by atoms with Crippen molar-refractivity contribution in [1.82, 2.24) is 5.32 Å². The number of carbonyl (C=O) groups excluding carboxylic acids is 1. The topological polar surface area (TPSA) is 67.6 Å². The fourth-order valence-corrected chi connectivity index (χ4v) is 2.06. The standard InChI is InChI=1S/C15H23N3O2/c1-15(2,14(16)19)17-11-12-3-5-13(6-4-12)18-7-9-20-10-8-18/h3-6,17H,7-11H2,1-2H3,(H2,16,19). The number of benzene rings is 1. The Kier molecular flexibility index (Phi) is 4.62. The molecule has 1 saturated heterocycles. The minimum absolute atomic E-state index is 0.345. The number of rotatable bonds is 5. The van der Waals surface area contributed by atoms with Crippen molar-refractivity contribution >= 4 is 11.6 Å². The minimum atomic E-state index is -0.692. The van der Waals surface area contributed by atoms with Crippen LogP contribution in [0.25, 0.3) is 0 Å². The maximum absolute atomic E-state index is 11.2. The molecule has 0 unspecified atom stereocenters. The predicted molar refractivity (Wildman–Crippen MR) is 79.6 cm³/mol. The summed E-state index contributed by atoms with van der Waals surface area (Å²) in [6.07, 6.45) is 0. The Hall–Kier alpha value is -1.59. The second-order valence-electron chi connectivity index (χ2n) is 5.61. The van der Waals surface area contributed by atoms with Gasteiger partial charge in [-0.15, -0.1) is 0 Å². The lowest BCUT2D eigenvalue weighted by Crippen LogP contribution is -2.50. The number of anilines is 1. The first-order chi connectivity index (χ1) is 9.49. The summed E-state index contributed by atoms with van der Waals surface area (Å²) in [6.45, 7) is 7.65. The van der Waals surface area contributed by atoms with Crippen molar-refractivity contribution in [3.63, 3.8) is 0 Å². The van der Waals surface area contributed by atoms with E-state index >= 15 is 0 Å². The molecule has 0 aromatic heterocycles. The molecule has 0 spiro atoms. The number of nitrogens with two attached hydrogens (primary N) is 1. The number of carbonyl (C=O) groups is 1. The van der Waals surface area contributed by atoms with E-state index in [-0.39, 0.29) is 5.91 Å². The average Bonchev–Trinajstić information content (AvgIpc) is 2.46.